The summed E-state index contributed by atoms with van der Waals surface area (Å²) in [6.07, 6.45) is 0. The van der Waals surface area contributed by atoms with Gasteiger partial charge in [0.25, 0.3) is 5.41 Å². The fourth-order valence-electron chi connectivity index (χ4n) is 1.22. The molecular weight excluding hydrogens is 240 g/mol. The average Bonchev–Trinajstić information content (AvgIpc) is 2.27. The molecule has 0 unspecified atom stereocenters. The highest BCUT2D eigenvalue weighted by Gasteiger charge is 2.53. The summed E-state index contributed by atoms with van der Waals surface area (Å²) < 4.78 is 16.0. The molecule has 0 N–H and O–H groups in total. The lowest BCUT2D eigenvalue weighted by Gasteiger charge is -2.25. The van der Waals surface area contributed by atoms with E-state index in [1.165, 1.54) is 6.92 Å². The monoisotopic (exact) mass is 260 g/mol. The van der Waals surface area contributed by atoms with E-state index in [2.05, 4.69) is 6.58 Å². The smallest absolute Gasteiger partial charge is 0.368 e. The van der Waals surface area contributed by atoms with Crippen LogP contribution in [0, 0.1) is 0 Å². The minimum Gasteiger partial charge on any atom is -0.368 e. The van der Waals surface area contributed by atoms with Crippen molar-refractivity contribution in [1.82, 2.24) is 0 Å². The van der Waals surface area contributed by atoms with Crippen molar-refractivity contribution < 1.29 is 22.9 Å². The molecule has 0 rings (SSSR count). The standard InChI is InChI=1S/C11H20O5Si/c1-6-14-17(15-7-2,16-8-3)11(13)10(12)9(4)5/h4,6-8H2,1-3,5H3. The average molecular weight is 260 g/mol. The van der Waals surface area contributed by atoms with E-state index in [1.807, 2.05) is 0 Å². The van der Waals surface area contributed by atoms with Crippen LogP contribution in [0.2, 0.25) is 0 Å². The number of allylic oxidation sites excluding steroid dienone is 1. The SMILES string of the molecule is C=C(C)C(=O)C(=O)[Si](OCC)(OCC)OCC. The molecule has 0 aliphatic heterocycles. The van der Waals surface area contributed by atoms with Crippen molar-refractivity contribution in [3.05, 3.63) is 12.2 Å². The Morgan fingerprint density at radius 1 is 1.00 bits per heavy atom. The lowest BCUT2D eigenvalue weighted by molar-refractivity contribution is -0.134. The molecule has 0 amide bonds. The van der Waals surface area contributed by atoms with Crippen LogP contribution in [0.5, 0.6) is 0 Å². The molecule has 0 saturated carbocycles. The molecule has 0 radical (unpaired) electrons. The minimum atomic E-state index is -3.57. The van der Waals surface area contributed by atoms with Crippen LogP contribution in [0.1, 0.15) is 27.7 Å². The lowest BCUT2D eigenvalue weighted by atomic mass is 10.2. The van der Waals surface area contributed by atoms with E-state index in [9.17, 15) is 9.59 Å². The number of carbonyl (C=O) groups is 2. The van der Waals surface area contributed by atoms with Gasteiger partial charge in [-0.05, 0) is 33.3 Å². The number of rotatable bonds is 9. The second kappa shape index (κ2) is 7.49. The van der Waals surface area contributed by atoms with Crippen molar-refractivity contribution in [2.75, 3.05) is 19.8 Å². The van der Waals surface area contributed by atoms with Gasteiger partial charge in [-0.1, -0.05) is 6.58 Å². The molecule has 0 saturated heterocycles. The van der Waals surface area contributed by atoms with Gasteiger partial charge in [0, 0.05) is 19.8 Å². The van der Waals surface area contributed by atoms with E-state index in [1.54, 1.807) is 20.8 Å². The second-order valence-electron chi connectivity index (χ2n) is 3.29. The van der Waals surface area contributed by atoms with Gasteiger partial charge in [0.05, 0.1) is 0 Å². The molecule has 17 heavy (non-hydrogen) atoms. The van der Waals surface area contributed by atoms with Gasteiger partial charge in [-0.2, -0.15) is 0 Å². The van der Waals surface area contributed by atoms with Crippen molar-refractivity contribution in [1.29, 1.82) is 0 Å². The van der Waals surface area contributed by atoms with Crippen molar-refractivity contribution in [2.45, 2.75) is 27.7 Å². The van der Waals surface area contributed by atoms with E-state index in [0.717, 1.165) is 0 Å². The first-order valence-corrected chi connectivity index (χ1v) is 7.34. The van der Waals surface area contributed by atoms with Crippen LogP contribution in [0.15, 0.2) is 12.2 Å². The largest absolute Gasteiger partial charge is 0.583 e. The Bertz CT molecular complexity index is 283. The fraction of sp³-hybridized carbons (Fsp3) is 0.636. The molecule has 98 valence electrons. The van der Waals surface area contributed by atoms with Gasteiger partial charge in [0.2, 0.25) is 5.78 Å². The number of hydrogen-bond acceptors (Lipinski definition) is 5. The van der Waals surface area contributed by atoms with E-state index >= 15 is 0 Å². The van der Waals surface area contributed by atoms with E-state index in [4.69, 9.17) is 13.3 Å². The summed E-state index contributed by atoms with van der Waals surface area (Å²) in [7, 11) is -3.57. The maximum atomic E-state index is 12.1. The molecule has 0 aromatic rings. The number of hydrogen-bond donors (Lipinski definition) is 0. The molecule has 0 spiro atoms. The zero-order valence-corrected chi connectivity index (χ0v) is 11.9. The van der Waals surface area contributed by atoms with Crippen LogP contribution in [0.25, 0.3) is 0 Å². The molecule has 0 fully saturated rings. The van der Waals surface area contributed by atoms with E-state index in [0.29, 0.717) is 0 Å². The van der Waals surface area contributed by atoms with Gasteiger partial charge < -0.3 is 13.3 Å². The Hall–Kier alpha value is -0.823. The first-order valence-electron chi connectivity index (χ1n) is 5.61. The van der Waals surface area contributed by atoms with Gasteiger partial charge in [-0.3, -0.25) is 9.59 Å². The molecular formula is C11H20O5Si. The lowest BCUT2D eigenvalue weighted by Crippen LogP contribution is -2.57. The van der Waals surface area contributed by atoms with E-state index in [-0.39, 0.29) is 25.4 Å². The van der Waals surface area contributed by atoms with Crippen molar-refractivity contribution >= 4 is 20.0 Å². The van der Waals surface area contributed by atoms with Crippen LogP contribution in [0.4, 0.5) is 0 Å². The predicted octanol–water partition coefficient (Wildman–Crippen LogP) is 1.29. The Labute approximate surface area is 103 Å². The predicted molar refractivity (Wildman–Crippen MR) is 65.5 cm³/mol. The topological polar surface area (TPSA) is 61.8 Å². The quantitative estimate of drug-likeness (QED) is 0.355. The van der Waals surface area contributed by atoms with Gasteiger partial charge in [-0.15, -0.1) is 0 Å². The molecule has 0 atom stereocenters. The van der Waals surface area contributed by atoms with Crippen LogP contribution in [0.3, 0.4) is 0 Å². The van der Waals surface area contributed by atoms with Crippen molar-refractivity contribution in [2.24, 2.45) is 0 Å². The Morgan fingerprint density at radius 3 is 1.59 bits per heavy atom. The van der Waals surface area contributed by atoms with Gasteiger partial charge in [0.1, 0.15) is 0 Å². The summed E-state index contributed by atoms with van der Waals surface area (Å²) in [5.74, 6) is -0.688. The molecule has 5 nitrogen and oxygen atoms in total. The molecule has 0 bridgehead atoms. The molecule has 6 heteroatoms. The van der Waals surface area contributed by atoms with Gasteiger partial charge >= 0.3 is 8.80 Å². The Morgan fingerprint density at radius 2 is 1.35 bits per heavy atom. The van der Waals surface area contributed by atoms with Crippen molar-refractivity contribution in [3.8, 4) is 0 Å². The third-order valence-corrected chi connectivity index (χ3v) is 4.66. The second-order valence-corrected chi connectivity index (χ2v) is 5.73. The van der Waals surface area contributed by atoms with Crippen LogP contribution >= 0.6 is 0 Å². The minimum absolute atomic E-state index is 0.158. The summed E-state index contributed by atoms with van der Waals surface area (Å²) in [5.41, 5.74) is 0.158. The molecule has 0 aliphatic carbocycles. The van der Waals surface area contributed by atoms with E-state index < -0.39 is 20.0 Å². The van der Waals surface area contributed by atoms with Crippen LogP contribution in [-0.2, 0) is 22.9 Å². The molecule has 0 aromatic heterocycles. The van der Waals surface area contributed by atoms with Gasteiger partial charge in [0.15, 0.2) is 0 Å². The third-order valence-electron chi connectivity index (χ3n) is 1.88. The van der Waals surface area contributed by atoms with Crippen LogP contribution in [-0.4, -0.2) is 39.8 Å². The highest BCUT2D eigenvalue weighted by Crippen LogP contribution is 2.14. The Kier molecular flexibility index (Phi) is 7.13. The fourth-order valence-corrected chi connectivity index (χ4v) is 3.50. The normalized spacial score (nSPS) is 11.3. The highest BCUT2D eigenvalue weighted by atomic mass is 28.4. The molecule has 0 aromatic carbocycles. The zero-order chi connectivity index (χ0) is 13.5. The van der Waals surface area contributed by atoms with Crippen LogP contribution < -0.4 is 0 Å². The summed E-state index contributed by atoms with van der Waals surface area (Å²) >= 11 is 0. The zero-order valence-electron chi connectivity index (χ0n) is 10.9. The summed E-state index contributed by atoms with van der Waals surface area (Å²) in [6, 6.07) is 0. The summed E-state index contributed by atoms with van der Waals surface area (Å²) in [4.78, 5) is 23.7. The van der Waals surface area contributed by atoms with Gasteiger partial charge in [-0.25, -0.2) is 0 Å². The number of ketones is 1. The first kappa shape index (κ1) is 16.2. The number of carbonyl (C=O) groups excluding carboxylic acids is 2. The third kappa shape index (κ3) is 4.16. The maximum absolute atomic E-state index is 12.1. The summed E-state index contributed by atoms with van der Waals surface area (Å²) in [5, 5.41) is -0.740. The first-order chi connectivity index (χ1) is 7.95. The molecule has 0 heterocycles. The Balaban J connectivity index is 5.17. The maximum Gasteiger partial charge on any atom is 0.583 e. The molecule has 0 aliphatic rings. The summed E-state index contributed by atoms with van der Waals surface area (Å²) in [6.45, 7) is 10.8. The number of Topliss-reactive ketones (excluding diaryl/α,β-unsaturated/α-hetero) is 1. The highest BCUT2D eigenvalue weighted by molar-refractivity contribution is 7.03. The van der Waals surface area contributed by atoms with Crippen molar-refractivity contribution in [3.63, 3.8) is 0 Å².